The van der Waals surface area contributed by atoms with Crippen molar-refractivity contribution in [3.05, 3.63) is 95.7 Å². The largest absolute Gasteiger partial charge is 0.344 e. The maximum Gasteiger partial charge on any atom is 0.138 e. The summed E-state index contributed by atoms with van der Waals surface area (Å²) in [6, 6.07) is 18.1. The van der Waals surface area contributed by atoms with Crippen LogP contribution in [0.15, 0.2) is 84.6 Å². The number of unbranched alkanes of at least 4 members (excludes halogenated alkanes) is 2. The maximum absolute atomic E-state index is 12.3. The number of hydrogen-bond acceptors (Lipinski definition) is 2. The highest BCUT2D eigenvalue weighted by Gasteiger charge is 2.45. The number of Topliss-reactive ketones (excluding diaryl/α,β-unsaturated/α-hetero) is 1. The van der Waals surface area contributed by atoms with Gasteiger partial charge in [-0.3, -0.25) is 9.69 Å². The molecule has 0 fully saturated rings. The van der Waals surface area contributed by atoms with E-state index in [2.05, 4.69) is 119 Å². The summed E-state index contributed by atoms with van der Waals surface area (Å²) in [6.45, 7) is 16.4. The summed E-state index contributed by atoms with van der Waals surface area (Å²) in [5, 5.41) is 0. The van der Waals surface area contributed by atoms with Gasteiger partial charge in [0, 0.05) is 40.7 Å². The summed E-state index contributed by atoms with van der Waals surface area (Å²) >= 11 is 0. The van der Waals surface area contributed by atoms with Crippen molar-refractivity contribution in [3.8, 4) is 0 Å². The van der Waals surface area contributed by atoms with E-state index in [1.807, 2.05) is 20.8 Å². The molecule has 0 radical (unpaired) electrons. The van der Waals surface area contributed by atoms with Crippen molar-refractivity contribution in [2.75, 3.05) is 18.5 Å². The minimum Gasteiger partial charge on any atom is -0.344 e. The van der Waals surface area contributed by atoms with Gasteiger partial charge in [-0.15, -0.1) is 0 Å². The monoisotopic (exact) mass is 525 g/mol. The molecule has 0 aromatic heterocycles. The van der Waals surface area contributed by atoms with Crippen LogP contribution in [-0.2, 0) is 15.6 Å². The molecular weight excluding hydrogens is 476 g/mol. The third-order valence-electron chi connectivity index (χ3n) is 8.99. The van der Waals surface area contributed by atoms with Gasteiger partial charge in [-0.1, -0.05) is 95.7 Å². The number of fused-ring (bicyclic) bond motifs is 2. The molecule has 0 saturated carbocycles. The summed E-state index contributed by atoms with van der Waals surface area (Å²) in [6.07, 6.45) is 15.1. The molecule has 0 saturated heterocycles. The molecule has 3 nitrogen and oxygen atoms in total. The Balaban J connectivity index is 1.45. The molecule has 1 N–H and O–H groups in total. The van der Waals surface area contributed by atoms with E-state index in [9.17, 15) is 4.79 Å². The first-order valence-corrected chi connectivity index (χ1v) is 14.8. The number of nitrogens with one attached hydrogen (secondary N) is 1. The van der Waals surface area contributed by atoms with Crippen molar-refractivity contribution in [2.24, 2.45) is 5.41 Å². The fourth-order valence-electron chi connectivity index (χ4n) is 6.53. The van der Waals surface area contributed by atoms with Gasteiger partial charge >= 0.3 is 0 Å². The van der Waals surface area contributed by atoms with Crippen LogP contribution >= 0.6 is 0 Å². The Labute approximate surface area is 237 Å². The molecule has 2 aliphatic rings. The Bertz CT molecular complexity index is 1270. The number of rotatable bonds is 9. The van der Waals surface area contributed by atoms with Gasteiger partial charge in [0.05, 0.1) is 12.5 Å². The lowest BCUT2D eigenvalue weighted by molar-refractivity contribution is -0.828. The number of benzene rings is 2. The molecule has 0 bridgehead atoms. The lowest BCUT2D eigenvalue weighted by Crippen LogP contribution is -3.07. The second-order valence-electron chi connectivity index (χ2n) is 13.5. The fourth-order valence-corrected chi connectivity index (χ4v) is 6.53. The normalized spacial score (nSPS) is 22.7. The van der Waals surface area contributed by atoms with Crippen LogP contribution in [0.3, 0.4) is 0 Å². The van der Waals surface area contributed by atoms with E-state index in [4.69, 9.17) is 0 Å². The Morgan fingerprint density at radius 1 is 0.897 bits per heavy atom. The summed E-state index contributed by atoms with van der Waals surface area (Å²) < 4.78 is 0. The first-order valence-electron chi connectivity index (χ1n) is 14.8. The summed E-state index contributed by atoms with van der Waals surface area (Å²) in [5.74, 6) is 0.367. The Morgan fingerprint density at radius 2 is 1.56 bits per heavy atom. The van der Waals surface area contributed by atoms with E-state index in [0.29, 0.717) is 18.2 Å². The number of allylic oxidation sites excluding steroid dienone is 5. The number of likely N-dealkylation sites (N-methyl/N-ethyl adjacent to an activating group) is 1. The molecule has 2 atom stereocenters. The molecule has 0 aliphatic carbocycles. The van der Waals surface area contributed by atoms with Crippen LogP contribution < -0.4 is 9.80 Å². The predicted octanol–water partition coefficient (Wildman–Crippen LogP) is 7.46. The van der Waals surface area contributed by atoms with E-state index in [1.54, 1.807) is 0 Å². The second kappa shape index (κ2) is 11.3. The first-order chi connectivity index (χ1) is 18.4. The Morgan fingerprint density at radius 3 is 2.26 bits per heavy atom. The molecule has 4 rings (SSSR count). The van der Waals surface area contributed by atoms with Crippen molar-refractivity contribution < 1.29 is 9.69 Å². The topological polar surface area (TPSA) is 24.8 Å². The van der Waals surface area contributed by atoms with E-state index < -0.39 is 0 Å². The van der Waals surface area contributed by atoms with Crippen LogP contribution in [0.1, 0.15) is 85.3 Å². The molecule has 2 heterocycles. The molecule has 39 heavy (non-hydrogen) atoms. The quantitative estimate of drug-likeness (QED) is 0.271. The number of hydrogen-bond donors (Lipinski definition) is 1. The molecular formula is C36H49N2O+. The predicted molar refractivity (Wildman–Crippen MR) is 166 cm³/mol. The molecule has 0 amide bonds. The van der Waals surface area contributed by atoms with E-state index in [0.717, 1.165) is 25.8 Å². The zero-order valence-corrected chi connectivity index (χ0v) is 25.5. The minimum absolute atomic E-state index is 0.0493. The van der Waals surface area contributed by atoms with Gasteiger partial charge in [0.2, 0.25) is 0 Å². The zero-order chi connectivity index (χ0) is 28.4. The number of anilines is 1. The molecule has 0 spiro atoms. The summed E-state index contributed by atoms with van der Waals surface area (Å²) in [7, 11) is 2.28. The Kier molecular flexibility index (Phi) is 8.42. The van der Waals surface area contributed by atoms with E-state index in [-0.39, 0.29) is 16.2 Å². The fraction of sp³-hybridized carbons (Fsp3) is 0.472. The van der Waals surface area contributed by atoms with Crippen LogP contribution in [-0.4, -0.2) is 25.4 Å². The third-order valence-corrected chi connectivity index (χ3v) is 8.99. The lowest BCUT2D eigenvalue weighted by Gasteiger charge is -2.27. The van der Waals surface area contributed by atoms with Gasteiger partial charge in [-0.05, 0) is 56.5 Å². The number of carbonyl (C=O) groups is 1. The van der Waals surface area contributed by atoms with Crippen LogP contribution in [0.4, 0.5) is 11.4 Å². The molecule has 2 unspecified atom stereocenters. The molecule has 3 heteroatoms. The molecule has 2 aliphatic heterocycles. The average Bonchev–Trinajstić information content (AvgIpc) is 3.22. The zero-order valence-electron chi connectivity index (χ0n) is 25.5. The SMILES string of the molecule is C[NH+]1c2ccccc2C(C)(C)C1/C=C/C=C/C=C1/N(CCCCCC(=O)C(C)(C)C)c2ccccc2C1(C)C. The maximum atomic E-state index is 12.3. The van der Waals surface area contributed by atoms with Crippen LogP contribution in [0.5, 0.6) is 0 Å². The van der Waals surface area contributed by atoms with Gasteiger partial charge in [-0.2, -0.15) is 0 Å². The number of ketones is 1. The van der Waals surface area contributed by atoms with Crippen LogP contribution in [0.2, 0.25) is 0 Å². The van der Waals surface area contributed by atoms with Gasteiger partial charge in [0.1, 0.15) is 17.5 Å². The third kappa shape index (κ3) is 5.84. The van der Waals surface area contributed by atoms with Gasteiger partial charge in [0.25, 0.3) is 0 Å². The smallest absolute Gasteiger partial charge is 0.138 e. The highest BCUT2D eigenvalue weighted by molar-refractivity contribution is 5.83. The Hall–Kier alpha value is -2.91. The van der Waals surface area contributed by atoms with Crippen molar-refractivity contribution in [2.45, 2.75) is 91.0 Å². The highest BCUT2D eigenvalue weighted by Crippen LogP contribution is 2.47. The second-order valence-corrected chi connectivity index (χ2v) is 13.5. The summed E-state index contributed by atoms with van der Waals surface area (Å²) in [4.78, 5) is 16.3. The van der Waals surface area contributed by atoms with Gasteiger partial charge in [-0.25, -0.2) is 0 Å². The number of quaternary nitrogens is 1. The average molecular weight is 526 g/mol. The molecule has 2 aromatic rings. The first kappa shape index (κ1) is 29.1. The van der Waals surface area contributed by atoms with Crippen molar-refractivity contribution in [1.29, 1.82) is 0 Å². The number of para-hydroxylation sites is 2. The van der Waals surface area contributed by atoms with Gasteiger partial charge < -0.3 is 4.90 Å². The summed E-state index contributed by atoms with van der Waals surface area (Å²) in [5.41, 5.74) is 6.73. The standard InChI is InChI=1S/C36H48N2O/c1-34(2,3)33(39)25-13-10-18-26-38-30-22-17-15-20-28(30)36(6,7)32(38)24-12-9-11-23-31-35(4,5)27-19-14-16-21-29(27)37(31)8/h9,11-12,14-17,19-24,31H,10,13,18,25-26H2,1-8H3/p+1/b12-9+,23-11+,32-24+. The lowest BCUT2D eigenvalue weighted by atomic mass is 9.80. The van der Waals surface area contributed by atoms with Crippen LogP contribution in [0, 0.1) is 5.41 Å². The molecule has 2 aromatic carbocycles. The van der Waals surface area contributed by atoms with Crippen molar-refractivity contribution >= 4 is 17.2 Å². The van der Waals surface area contributed by atoms with Crippen molar-refractivity contribution in [3.63, 3.8) is 0 Å². The van der Waals surface area contributed by atoms with E-state index >= 15 is 0 Å². The molecule has 208 valence electrons. The van der Waals surface area contributed by atoms with Gasteiger partial charge in [0.15, 0.2) is 0 Å². The van der Waals surface area contributed by atoms with Crippen molar-refractivity contribution in [1.82, 2.24) is 0 Å². The minimum atomic E-state index is -0.233. The number of nitrogens with zero attached hydrogens (tertiary/aromatic N) is 1. The number of carbonyl (C=O) groups excluding carboxylic acids is 1. The van der Waals surface area contributed by atoms with Crippen LogP contribution in [0.25, 0.3) is 0 Å². The highest BCUT2D eigenvalue weighted by atomic mass is 16.1. The van der Waals surface area contributed by atoms with E-state index in [1.165, 1.54) is 33.1 Å².